The third-order valence-corrected chi connectivity index (χ3v) is 8.48. The summed E-state index contributed by atoms with van der Waals surface area (Å²) in [5, 5.41) is 5.31. The van der Waals surface area contributed by atoms with E-state index in [1.54, 1.807) is 36.4 Å². The molecule has 0 aliphatic carbocycles. The second kappa shape index (κ2) is 10.0. The predicted molar refractivity (Wildman–Crippen MR) is 147 cm³/mol. The van der Waals surface area contributed by atoms with Gasteiger partial charge in [0.15, 0.2) is 0 Å². The van der Waals surface area contributed by atoms with Crippen molar-refractivity contribution in [2.45, 2.75) is 19.6 Å². The lowest BCUT2D eigenvalue weighted by atomic mass is 10.3. The highest BCUT2D eigenvalue weighted by Gasteiger charge is 2.14. The number of hydrogen-bond donors (Lipinski definition) is 4. The molecular weight excluding hydrogens is 520 g/mol. The molecule has 0 spiro atoms. The smallest absolute Gasteiger partial charge is 0.324 e. The van der Waals surface area contributed by atoms with Gasteiger partial charge in [-0.3, -0.25) is 10.6 Å². The third-order valence-electron chi connectivity index (χ3n) is 5.71. The van der Waals surface area contributed by atoms with Crippen molar-refractivity contribution in [1.82, 2.24) is 19.9 Å². The zero-order valence-corrected chi connectivity index (χ0v) is 21.3. The highest BCUT2D eigenvalue weighted by atomic mass is 32.2. The number of rotatable bonds is 6. The van der Waals surface area contributed by atoms with Crippen LogP contribution >= 0.6 is 0 Å². The molecule has 6 aromatic rings. The summed E-state index contributed by atoms with van der Waals surface area (Å²) < 4.78 is 25.7. The SMILES string of the molecule is O=C(Nc1nc2ccc(S(=O)c3ccccc3)cc2[nH]1)Nc1nc2ccc(S(=O)c3ccccc3)cc2[nH]1. The molecule has 188 valence electrons. The second-order valence-electron chi connectivity index (χ2n) is 8.27. The van der Waals surface area contributed by atoms with Crippen LogP contribution in [0.1, 0.15) is 0 Å². The monoisotopic (exact) mass is 540 g/mol. The number of carbonyl (C=O) groups excluding carboxylic acids is 1. The van der Waals surface area contributed by atoms with E-state index in [0.29, 0.717) is 41.6 Å². The van der Waals surface area contributed by atoms with Crippen molar-refractivity contribution in [3.05, 3.63) is 97.1 Å². The fourth-order valence-corrected chi connectivity index (χ4v) is 6.12. The number of carbonyl (C=O) groups is 1. The lowest BCUT2D eigenvalue weighted by molar-refractivity contribution is 0.262. The van der Waals surface area contributed by atoms with Gasteiger partial charge in [0.25, 0.3) is 0 Å². The maximum absolute atomic E-state index is 12.9. The van der Waals surface area contributed by atoms with Crippen LogP contribution in [-0.2, 0) is 21.6 Å². The summed E-state index contributed by atoms with van der Waals surface area (Å²) in [6.45, 7) is 0. The van der Waals surface area contributed by atoms with Crippen molar-refractivity contribution < 1.29 is 13.2 Å². The summed E-state index contributed by atoms with van der Waals surface area (Å²) in [5.74, 6) is 0.466. The average Bonchev–Trinajstić information content (AvgIpc) is 3.54. The van der Waals surface area contributed by atoms with E-state index in [0.717, 1.165) is 0 Å². The van der Waals surface area contributed by atoms with Crippen molar-refractivity contribution in [1.29, 1.82) is 0 Å². The Labute approximate surface area is 221 Å². The number of nitrogens with one attached hydrogen (secondary N) is 4. The number of aromatic nitrogens is 4. The van der Waals surface area contributed by atoms with Crippen LogP contribution in [0, 0.1) is 0 Å². The molecule has 2 heterocycles. The Balaban J connectivity index is 1.16. The number of hydrogen-bond acceptors (Lipinski definition) is 5. The molecule has 4 aromatic carbocycles. The minimum Gasteiger partial charge on any atom is -0.324 e. The van der Waals surface area contributed by atoms with Gasteiger partial charge in [0, 0.05) is 19.6 Å². The Bertz CT molecular complexity index is 1700. The Hall–Kier alpha value is -4.61. The fourth-order valence-electron chi connectivity index (χ4n) is 3.93. The van der Waals surface area contributed by atoms with Crippen LogP contribution < -0.4 is 10.6 Å². The van der Waals surface area contributed by atoms with Gasteiger partial charge < -0.3 is 9.97 Å². The zero-order valence-electron chi connectivity index (χ0n) is 19.7. The summed E-state index contributed by atoms with van der Waals surface area (Å²) in [7, 11) is -2.67. The largest absolute Gasteiger partial charge is 0.328 e. The van der Waals surface area contributed by atoms with Gasteiger partial charge >= 0.3 is 6.03 Å². The van der Waals surface area contributed by atoms with Gasteiger partial charge in [-0.25, -0.2) is 23.2 Å². The molecule has 0 bridgehead atoms. The summed E-state index contributed by atoms with van der Waals surface area (Å²) >= 11 is 0. The molecular formula is C27H20N6O3S2. The first kappa shape index (κ1) is 23.8. The van der Waals surface area contributed by atoms with Crippen LogP contribution in [0.3, 0.4) is 0 Å². The maximum atomic E-state index is 12.9. The van der Waals surface area contributed by atoms with Gasteiger partial charge in [-0.1, -0.05) is 36.4 Å². The van der Waals surface area contributed by atoms with Crippen LogP contribution in [0.15, 0.2) is 117 Å². The Morgan fingerprint density at radius 3 is 1.42 bits per heavy atom. The molecule has 9 nitrogen and oxygen atoms in total. The van der Waals surface area contributed by atoms with Gasteiger partial charge in [0.1, 0.15) is 0 Å². The number of urea groups is 1. The molecule has 0 fully saturated rings. The molecule has 0 saturated carbocycles. The van der Waals surface area contributed by atoms with E-state index >= 15 is 0 Å². The Morgan fingerprint density at radius 2 is 1.00 bits per heavy atom. The topological polar surface area (TPSA) is 133 Å². The van der Waals surface area contributed by atoms with Crippen molar-refractivity contribution in [2.24, 2.45) is 0 Å². The van der Waals surface area contributed by atoms with Crippen LogP contribution in [0.4, 0.5) is 16.7 Å². The first-order chi connectivity index (χ1) is 18.5. The highest BCUT2D eigenvalue weighted by Crippen LogP contribution is 2.23. The molecule has 4 N–H and O–H groups in total. The van der Waals surface area contributed by atoms with Gasteiger partial charge in [-0.05, 0) is 60.7 Å². The molecule has 6 rings (SSSR count). The zero-order chi connectivity index (χ0) is 26.1. The lowest BCUT2D eigenvalue weighted by Gasteiger charge is -2.02. The first-order valence-corrected chi connectivity index (χ1v) is 13.8. The van der Waals surface area contributed by atoms with E-state index in [1.807, 2.05) is 60.7 Å². The summed E-state index contributed by atoms with van der Waals surface area (Å²) in [5.41, 5.74) is 2.53. The number of H-pyrrole nitrogens is 2. The van der Waals surface area contributed by atoms with E-state index in [4.69, 9.17) is 0 Å². The lowest BCUT2D eigenvalue weighted by Crippen LogP contribution is -2.20. The van der Waals surface area contributed by atoms with Crippen LogP contribution in [0.5, 0.6) is 0 Å². The second-order valence-corrected chi connectivity index (χ2v) is 11.2. The van der Waals surface area contributed by atoms with Crippen molar-refractivity contribution in [3.63, 3.8) is 0 Å². The van der Waals surface area contributed by atoms with Gasteiger partial charge in [0.05, 0.1) is 43.7 Å². The van der Waals surface area contributed by atoms with E-state index in [2.05, 4.69) is 30.6 Å². The van der Waals surface area contributed by atoms with E-state index < -0.39 is 27.6 Å². The molecule has 2 atom stereocenters. The van der Waals surface area contributed by atoms with Gasteiger partial charge in [0.2, 0.25) is 11.9 Å². The number of anilines is 2. The molecule has 0 aliphatic heterocycles. The average molecular weight is 541 g/mol. The number of aromatic amines is 2. The Morgan fingerprint density at radius 1 is 0.579 bits per heavy atom. The van der Waals surface area contributed by atoms with Crippen LogP contribution in [-0.4, -0.2) is 34.4 Å². The van der Waals surface area contributed by atoms with E-state index in [1.165, 1.54) is 0 Å². The Kier molecular flexibility index (Phi) is 6.28. The molecule has 0 saturated heterocycles. The minimum absolute atomic E-state index is 0.233. The molecule has 2 unspecified atom stereocenters. The van der Waals surface area contributed by atoms with E-state index in [9.17, 15) is 13.2 Å². The minimum atomic E-state index is -1.33. The molecule has 0 aliphatic rings. The number of fused-ring (bicyclic) bond motifs is 2. The number of benzene rings is 4. The molecule has 2 aromatic heterocycles. The number of nitrogens with zero attached hydrogens (tertiary/aromatic N) is 2. The maximum Gasteiger partial charge on any atom is 0.328 e. The molecule has 11 heteroatoms. The molecule has 0 radical (unpaired) electrons. The first-order valence-electron chi connectivity index (χ1n) is 11.5. The molecule has 2 amide bonds. The summed E-state index contributed by atoms with van der Waals surface area (Å²) in [6, 6.07) is 28.3. The van der Waals surface area contributed by atoms with Gasteiger partial charge in [-0.15, -0.1) is 0 Å². The van der Waals surface area contributed by atoms with Crippen molar-refractivity contribution >= 4 is 61.6 Å². The summed E-state index contributed by atoms with van der Waals surface area (Å²) in [6.07, 6.45) is 0. The van der Waals surface area contributed by atoms with Crippen LogP contribution in [0.2, 0.25) is 0 Å². The normalized spacial score (nSPS) is 12.8. The number of imidazole rings is 2. The summed E-state index contributed by atoms with van der Waals surface area (Å²) in [4.78, 5) is 30.1. The van der Waals surface area contributed by atoms with Crippen molar-refractivity contribution in [3.8, 4) is 0 Å². The van der Waals surface area contributed by atoms with Crippen molar-refractivity contribution in [2.75, 3.05) is 10.6 Å². The highest BCUT2D eigenvalue weighted by molar-refractivity contribution is 7.85. The fraction of sp³-hybridized carbons (Fsp3) is 0. The predicted octanol–water partition coefficient (Wildman–Crippen LogP) is 5.42. The number of amides is 2. The van der Waals surface area contributed by atoms with Crippen LogP contribution in [0.25, 0.3) is 22.1 Å². The quantitative estimate of drug-likeness (QED) is 0.224. The van der Waals surface area contributed by atoms with E-state index in [-0.39, 0.29) is 11.9 Å². The third kappa shape index (κ3) is 4.84. The standard InChI is InChI=1S/C27H20N6O3S2/c34-27(32-25-28-21-13-11-19(15-23(21)30-25)37(35)17-7-3-1-4-8-17)33-26-29-22-14-12-20(16-24(22)31-26)38(36)18-9-5-2-6-10-18/h1-16H,(H4,28,29,30,31,32,33,34). The van der Waals surface area contributed by atoms with Gasteiger partial charge in [-0.2, -0.15) is 0 Å². The molecule has 38 heavy (non-hydrogen) atoms.